The standard InChI is InChI=1S/C9H19N/c1-9(2,3)8-5-7(8)6-10-4/h7-8,10H,5-6H2,1-4H3. The van der Waals surface area contributed by atoms with Crippen molar-refractivity contribution in [3.8, 4) is 0 Å². The van der Waals surface area contributed by atoms with Crippen LogP contribution in [0.3, 0.4) is 0 Å². The van der Waals surface area contributed by atoms with Gasteiger partial charge in [0.2, 0.25) is 0 Å². The van der Waals surface area contributed by atoms with Gasteiger partial charge in [-0.1, -0.05) is 20.8 Å². The second-order valence-electron chi connectivity index (χ2n) is 4.53. The minimum atomic E-state index is 0.543. The molecule has 10 heavy (non-hydrogen) atoms. The molecule has 0 aromatic rings. The molecule has 0 aromatic carbocycles. The summed E-state index contributed by atoms with van der Waals surface area (Å²) in [6, 6.07) is 0. The summed E-state index contributed by atoms with van der Waals surface area (Å²) in [5.41, 5.74) is 0.543. The van der Waals surface area contributed by atoms with Crippen LogP contribution in [-0.4, -0.2) is 13.6 Å². The summed E-state index contributed by atoms with van der Waals surface area (Å²) in [5, 5.41) is 3.23. The van der Waals surface area contributed by atoms with Crippen LogP contribution in [0.5, 0.6) is 0 Å². The van der Waals surface area contributed by atoms with Crippen LogP contribution >= 0.6 is 0 Å². The molecule has 1 rings (SSSR count). The summed E-state index contributed by atoms with van der Waals surface area (Å²) in [6.45, 7) is 8.23. The molecule has 60 valence electrons. The molecule has 0 radical (unpaired) electrons. The van der Waals surface area contributed by atoms with E-state index in [1.54, 1.807) is 0 Å². The largest absolute Gasteiger partial charge is 0.319 e. The van der Waals surface area contributed by atoms with Crippen molar-refractivity contribution in [2.75, 3.05) is 13.6 Å². The van der Waals surface area contributed by atoms with E-state index in [-0.39, 0.29) is 0 Å². The summed E-state index contributed by atoms with van der Waals surface area (Å²) in [6.07, 6.45) is 1.43. The van der Waals surface area contributed by atoms with Gasteiger partial charge in [0, 0.05) is 0 Å². The van der Waals surface area contributed by atoms with Crippen molar-refractivity contribution in [1.29, 1.82) is 0 Å². The minimum absolute atomic E-state index is 0.543. The zero-order valence-electron chi connectivity index (χ0n) is 7.57. The van der Waals surface area contributed by atoms with Gasteiger partial charge in [0.05, 0.1) is 0 Å². The Labute approximate surface area is 64.2 Å². The maximum Gasteiger partial charge on any atom is -0.00206 e. The topological polar surface area (TPSA) is 12.0 Å². The van der Waals surface area contributed by atoms with E-state index in [1.807, 2.05) is 7.05 Å². The first-order chi connectivity index (χ1) is 4.55. The van der Waals surface area contributed by atoms with Gasteiger partial charge in [0.15, 0.2) is 0 Å². The van der Waals surface area contributed by atoms with Gasteiger partial charge in [-0.15, -0.1) is 0 Å². The zero-order valence-corrected chi connectivity index (χ0v) is 7.57. The molecule has 0 heterocycles. The summed E-state index contributed by atoms with van der Waals surface area (Å²) in [4.78, 5) is 0. The Hall–Kier alpha value is -0.0400. The average Bonchev–Trinajstić information content (AvgIpc) is 2.44. The van der Waals surface area contributed by atoms with E-state index in [0.717, 1.165) is 11.8 Å². The Morgan fingerprint density at radius 3 is 2.30 bits per heavy atom. The fourth-order valence-electron chi connectivity index (χ4n) is 1.80. The van der Waals surface area contributed by atoms with E-state index in [2.05, 4.69) is 26.1 Å². The van der Waals surface area contributed by atoms with Gasteiger partial charge < -0.3 is 5.32 Å². The van der Waals surface area contributed by atoms with E-state index in [9.17, 15) is 0 Å². The lowest BCUT2D eigenvalue weighted by molar-refractivity contribution is 0.328. The molecular weight excluding hydrogens is 122 g/mol. The molecule has 0 amide bonds. The summed E-state index contributed by atoms with van der Waals surface area (Å²) in [7, 11) is 2.04. The van der Waals surface area contributed by atoms with Crippen molar-refractivity contribution >= 4 is 0 Å². The predicted octanol–water partition coefficient (Wildman–Crippen LogP) is 1.89. The van der Waals surface area contributed by atoms with Gasteiger partial charge in [0.1, 0.15) is 0 Å². The van der Waals surface area contributed by atoms with Crippen LogP contribution in [0.25, 0.3) is 0 Å². The number of nitrogens with one attached hydrogen (secondary N) is 1. The molecule has 2 atom stereocenters. The minimum Gasteiger partial charge on any atom is -0.319 e. The van der Waals surface area contributed by atoms with E-state index >= 15 is 0 Å². The first-order valence-electron chi connectivity index (χ1n) is 4.20. The molecule has 1 fully saturated rings. The van der Waals surface area contributed by atoms with Crippen LogP contribution in [0.1, 0.15) is 27.2 Å². The van der Waals surface area contributed by atoms with Crippen molar-refractivity contribution < 1.29 is 0 Å². The smallest absolute Gasteiger partial charge is 0.00206 e. The first-order valence-corrected chi connectivity index (χ1v) is 4.20. The summed E-state index contributed by atoms with van der Waals surface area (Å²) >= 11 is 0. The van der Waals surface area contributed by atoms with E-state index in [1.165, 1.54) is 13.0 Å². The molecule has 0 aliphatic heterocycles. The third kappa shape index (κ3) is 1.72. The van der Waals surface area contributed by atoms with Crippen LogP contribution < -0.4 is 5.32 Å². The summed E-state index contributed by atoms with van der Waals surface area (Å²) in [5.74, 6) is 1.94. The van der Waals surface area contributed by atoms with E-state index in [4.69, 9.17) is 0 Å². The monoisotopic (exact) mass is 141 g/mol. The molecule has 0 spiro atoms. The van der Waals surface area contributed by atoms with Gasteiger partial charge in [-0.25, -0.2) is 0 Å². The Balaban J connectivity index is 2.25. The zero-order chi connectivity index (χ0) is 7.78. The fraction of sp³-hybridized carbons (Fsp3) is 1.00. The number of hydrogen-bond acceptors (Lipinski definition) is 1. The number of rotatable bonds is 2. The van der Waals surface area contributed by atoms with Gasteiger partial charge in [-0.3, -0.25) is 0 Å². The molecule has 0 saturated heterocycles. The van der Waals surface area contributed by atoms with Gasteiger partial charge in [-0.2, -0.15) is 0 Å². The van der Waals surface area contributed by atoms with Crippen molar-refractivity contribution in [2.45, 2.75) is 27.2 Å². The van der Waals surface area contributed by atoms with Crippen LogP contribution in [0.2, 0.25) is 0 Å². The van der Waals surface area contributed by atoms with Gasteiger partial charge >= 0.3 is 0 Å². The third-order valence-electron chi connectivity index (χ3n) is 2.50. The van der Waals surface area contributed by atoms with Gasteiger partial charge in [0.25, 0.3) is 0 Å². The van der Waals surface area contributed by atoms with E-state index in [0.29, 0.717) is 5.41 Å². The molecule has 0 bridgehead atoms. The van der Waals surface area contributed by atoms with E-state index < -0.39 is 0 Å². The molecule has 1 nitrogen and oxygen atoms in total. The van der Waals surface area contributed by atoms with Crippen LogP contribution in [0.15, 0.2) is 0 Å². The Kier molecular flexibility index (Phi) is 2.04. The van der Waals surface area contributed by atoms with Crippen LogP contribution in [0, 0.1) is 17.3 Å². The lowest BCUT2D eigenvalue weighted by Crippen LogP contribution is -2.15. The van der Waals surface area contributed by atoms with Crippen molar-refractivity contribution in [3.63, 3.8) is 0 Å². The van der Waals surface area contributed by atoms with Crippen molar-refractivity contribution in [3.05, 3.63) is 0 Å². The lowest BCUT2D eigenvalue weighted by Gasteiger charge is -2.17. The van der Waals surface area contributed by atoms with Crippen LogP contribution in [0.4, 0.5) is 0 Å². The highest BCUT2D eigenvalue weighted by Crippen LogP contribution is 2.50. The highest BCUT2D eigenvalue weighted by Gasteiger charge is 2.44. The highest BCUT2D eigenvalue weighted by molar-refractivity contribution is 4.94. The quantitative estimate of drug-likeness (QED) is 0.619. The molecule has 0 aromatic heterocycles. The predicted molar refractivity (Wildman–Crippen MR) is 45.0 cm³/mol. The SMILES string of the molecule is CNCC1CC1C(C)(C)C. The molecule has 1 N–H and O–H groups in total. The normalized spacial score (nSPS) is 32.4. The van der Waals surface area contributed by atoms with Gasteiger partial charge in [-0.05, 0) is 37.3 Å². The highest BCUT2D eigenvalue weighted by atomic mass is 14.8. The average molecular weight is 141 g/mol. The van der Waals surface area contributed by atoms with Crippen molar-refractivity contribution in [2.24, 2.45) is 17.3 Å². The second-order valence-corrected chi connectivity index (χ2v) is 4.53. The molecule has 2 unspecified atom stereocenters. The Morgan fingerprint density at radius 1 is 1.40 bits per heavy atom. The second kappa shape index (κ2) is 2.54. The Morgan fingerprint density at radius 2 is 2.00 bits per heavy atom. The maximum absolute atomic E-state index is 3.23. The Bertz CT molecular complexity index is 112. The molecule has 1 aliphatic rings. The third-order valence-corrected chi connectivity index (χ3v) is 2.50. The molecule has 1 heteroatoms. The van der Waals surface area contributed by atoms with Crippen molar-refractivity contribution in [1.82, 2.24) is 5.32 Å². The first kappa shape index (κ1) is 8.06. The summed E-state index contributed by atoms with van der Waals surface area (Å²) < 4.78 is 0. The number of hydrogen-bond donors (Lipinski definition) is 1. The fourth-order valence-corrected chi connectivity index (χ4v) is 1.80. The molecular formula is C9H19N. The van der Waals surface area contributed by atoms with Crippen LogP contribution in [-0.2, 0) is 0 Å². The lowest BCUT2D eigenvalue weighted by atomic mass is 9.89. The maximum atomic E-state index is 3.23. The molecule has 1 aliphatic carbocycles. The molecule has 1 saturated carbocycles.